The molecule has 1 aromatic rings. The van der Waals surface area contributed by atoms with E-state index in [9.17, 15) is 18.8 Å². The molecule has 2 unspecified atom stereocenters. The third-order valence-corrected chi connectivity index (χ3v) is 5.59. The molecule has 3 rings (SSSR count). The van der Waals surface area contributed by atoms with Crippen LogP contribution < -0.4 is 10.1 Å². The van der Waals surface area contributed by atoms with Gasteiger partial charge in [0.15, 0.2) is 0 Å². The van der Waals surface area contributed by atoms with Crippen LogP contribution in [0.1, 0.15) is 64.0 Å². The van der Waals surface area contributed by atoms with Crippen LogP contribution in [0.3, 0.4) is 0 Å². The number of hydrogen-bond donors (Lipinski definition) is 1. The maximum atomic E-state index is 14.8. The van der Waals surface area contributed by atoms with E-state index >= 15 is 0 Å². The van der Waals surface area contributed by atoms with Crippen molar-refractivity contribution >= 4 is 23.7 Å². The molecule has 0 spiro atoms. The highest BCUT2D eigenvalue weighted by atomic mass is 19.1. The number of nitrogens with zero attached hydrogens (tertiary/aromatic N) is 1. The highest BCUT2D eigenvalue weighted by molar-refractivity contribution is 6.09. The Morgan fingerprint density at radius 1 is 1.23 bits per heavy atom. The molecule has 0 radical (unpaired) electrons. The van der Waals surface area contributed by atoms with Gasteiger partial charge in [-0.2, -0.15) is 0 Å². The summed E-state index contributed by atoms with van der Waals surface area (Å²) in [5.74, 6) is -2.31. The van der Waals surface area contributed by atoms with Gasteiger partial charge in [-0.25, -0.2) is 14.2 Å². The van der Waals surface area contributed by atoms with Gasteiger partial charge < -0.3 is 14.8 Å². The molecule has 2 aliphatic rings. The van der Waals surface area contributed by atoms with E-state index in [1.54, 1.807) is 6.92 Å². The van der Waals surface area contributed by atoms with Gasteiger partial charge >= 0.3 is 18.0 Å². The third kappa shape index (κ3) is 5.23. The van der Waals surface area contributed by atoms with Gasteiger partial charge in [0.1, 0.15) is 17.5 Å². The van der Waals surface area contributed by atoms with Crippen LogP contribution in [0, 0.1) is 17.7 Å². The lowest BCUT2D eigenvalue weighted by Gasteiger charge is -2.31. The largest absolute Gasteiger partial charge is 0.465 e. The fraction of sp³-hybridized carbons (Fsp3) is 0.545. The SMILES string of the molecule is CCC1=NC(=O)NC(c2ccc(OC(C)=O)cc2F)C1C(=O)OCC1CCCCC1. The number of aliphatic imine (C=N–C) groups is 1. The Hall–Kier alpha value is -2.77. The number of ether oxygens (including phenoxy) is 2. The lowest BCUT2D eigenvalue weighted by atomic mass is 9.86. The number of urea groups is 1. The van der Waals surface area contributed by atoms with Crippen molar-refractivity contribution in [2.45, 2.75) is 58.4 Å². The molecular formula is C22H27FN2O5. The van der Waals surface area contributed by atoms with Crippen molar-refractivity contribution in [3.63, 3.8) is 0 Å². The van der Waals surface area contributed by atoms with E-state index < -0.39 is 35.7 Å². The number of hydrogen-bond acceptors (Lipinski definition) is 5. The highest BCUT2D eigenvalue weighted by Gasteiger charge is 2.40. The second-order valence-corrected chi connectivity index (χ2v) is 7.77. The normalized spacial score (nSPS) is 22.1. The summed E-state index contributed by atoms with van der Waals surface area (Å²) in [6, 6.07) is 2.31. The van der Waals surface area contributed by atoms with Crippen LogP contribution in [0.4, 0.5) is 9.18 Å². The van der Waals surface area contributed by atoms with Crippen LogP contribution in [0.2, 0.25) is 0 Å². The molecule has 0 bridgehead atoms. The van der Waals surface area contributed by atoms with Crippen molar-refractivity contribution in [1.29, 1.82) is 0 Å². The molecule has 1 saturated carbocycles. The van der Waals surface area contributed by atoms with Gasteiger partial charge in [0.2, 0.25) is 0 Å². The molecule has 7 nitrogen and oxygen atoms in total. The van der Waals surface area contributed by atoms with E-state index in [1.165, 1.54) is 25.5 Å². The number of carbonyl (C=O) groups is 3. The summed E-state index contributed by atoms with van der Waals surface area (Å²) in [6.45, 7) is 3.33. The quantitative estimate of drug-likeness (QED) is 0.554. The Labute approximate surface area is 175 Å². The average Bonchev–Trinajstić information content (AvgIpc) is 2.71. The van der Waals surface area contributed by atoms with Gasteiger partial charge in [-0.15, -0.1) is 0 Å². The predicted octanol–water partition coefficient (Wildman–Crippen LogP) is 4.11. The molecule has 1 heterocycles. The maximum Gasteiger partial charge on any atom is 0.341 e. The highest BCUT2D eigenvalue weighted by Crippen LogP contribution is 2.33. The zero-order chi connectivity index (χ0) is 21.7. The molecule has 2 amide bonds. The van der Waals surface area contributed by atoms with Crippen LogP contribution in [-0.4, -0.2) is 30.3 Å². The Bertz CT molecular complexity index is 848. The zero-order valence-corrected chi connectivity index (χ0v) is 17.3. The summed E-state index contributed by atoms with van der Waals surface area (Å²) < 4.78 is 25.3. The topological polar surface area (TPSA) is 94.1 Å². The average molecular weight is 418 g/mol. The lowest BCUT2D eigenvalue weighted by Crippen LogP contribution is -2.45. The molecule has 1 aliphatic heterocycles. The zero-order valence-electron chi connectivity index (χ0n) is 17.3. The first-order valence-corrected chi connectivity index (χ1v) is 10.4. The predicted molar refractivity (Wildman–Crippen MR) is 108 cm³/mol. The summed E-state index contributed by atoms with van der Waals surface area (Å²) in [5, 5.41) is 2.59. The number of esters is 2. The molecule has 1 aliphatic carbocycles. The summed E-state index contributed by atoms with van der Waals surface area (Å²) in [7, 11) is 0. The minimum Gasteiger partial charge on any atom is -0.465 e. The lowest BCUT2D eigenvalue weighted by molar-refractivity contribution is -0.148. The van der Waals surface area contributed by atoms with Crippen molar-refractivity contribution in [2.75, 3.05) is 6.61 Å². The number of amides is 2. The van der Waals surface area contributed by atoms with Crippen molar-refractivity contribution < 1.29 is 28.2 Å². The molecule has 0 aromatic heterocycles. The second kappa shape index (κ2) is 9.82. The smallest absolute Gasteiger partial charge is 0.341 e. The van der Waals surface area contributed by atoms with Crippen molar-refractivity contribution in [2.24, 2.45) is 16.8 Å². The summed E-state index contributed by atoms with van der Waals surface area (Å²) >= 11 is 0. The Kier molecular flexibility index (Phi) is 7.18. The van der Waals surface area contributed by atoms with E-state index in [2.05, 4.69) is 10.3 Å². The summed E-state index contributed by atoms with van der Waals surface area (Å²) in [4.78, 5) is 40.1. The Balaban J connectivity index is 1.83. The molecule has 1 N–H and O–H groups in total. The summed E-state index contributed by atoms with van der Waals surface area (Å²) in [5.41, 5.74) is 0.473. The van der Waals surface area contributed by atoms with E-state index in [0.717, 1.165) is 31.7 Å². The minimum absolute atomic E-state index is 0.0479. The number of benzene rings is 1. The van der Waals surface area contributed by atoms with E-state index in [4.69, 9.17) is 9.47 Å². The number of rotatable bonds is 6. The first-order valence-electron chi connectivity index (χ1n) is 10.4. The van der Waals surface area contributed by atoms with Gasteiger partial charge in [0, 0.05) is 24.3 Å². The molecule has 1 fully saturated rings. The number of halogens is 1. The summed E-state index contributed by atoms with van der Waals surface area (Å²) in [6.07, 6.45) is 5.88. The van der Waals surface area contributed by atoms with E-state index in [-0.39, 0.29) is 11.3 Å². The molecule has 162 valence electrons. The van der Waals surface area contributed by atoms with Crippen molar-refractivity contribution in [1.82, 2.24) is 5.32 Å². The van der Waals surface area contributed by atoms with E-state index in [0.29, 0.717) is 24.7 Å². The molecular weight excluding hydrogens is 391 g/mol. The van der Waals surface area contributed by atoms with Crippen LogP contribution in [0.15, 0.2) is 23.2 Å². The van der Waals surface area contributed by atoms with Crippen molar-refractivity contribution in [3.05, 3.63) is 29.6 Å². The van der Waals surface area contributed by atoms with Crippen LogP contribution >= 0.6 is 0 Å². The number of nitrogens with one attached hydrogen (secondary N) is 1. The monoisotopic (exact) mass is 418 g/mol. The first-order chi connectivity index (χ1) is 14.4. The fourth-order valence-corrected chi connectivity index (χ4v) is 4.10. The molecule has 8 heteroatoms. The third-order valence-electron chi connectivity index (χ3n) is 5.59. The molecule has 1 aromatic carbocycles. The first kappa shape index (κ1) is 21.9. The van der Waals surface area contributed by atoms with Gasteiger partial charge in [-0.1, -0.05) is 32.3 Å². The van der Waals surface area contributed by atoms with Gasteiger partial charge in [0.25, 0.3) is 0 Å². The van der Waals surface area contributed by atoms with E-state index in [1.807, 2.05) is 0 Å². The number of carbonyl (C=O) groups excluding carboxylic acids is 3. The van der Waals surface area contributed by atoms with Crippen LogP contribution in [-0.2, 0) is 14.3 Å². The molecule has 2 atom stereocenters. The maximum absolute atomic E-state index is 14.8. The Morgan fingerprint density at radius 2 is 1.97 bits per heavy atom. The standard InChI is InChI=1S/C22H27FN2O5/c1-3-18-19(21(27)29-12-14-7-5-4-6-8-14)20(25-22(28)24-18)16-10-9-15(11-17(16)23)30-13(2)26/h9-11,14,19-20H,3-8,12H2,1-2H3,(H,25,28). The van der Waals surface area contributed by atoms with Gasteiger partial charge in [-0.3, -0.25) is 9.59 Å². The minimum atomic E-state index is -0.949. The van der Waals surface area contributed by atoms with Gasteiger partial charge in [-0.05, 0) is 31.2 Å². The second-order valence-electron chi connectivity index (χ2n) is 7.77. The van der Waals surface area contributed by atoms with Crippen LogP contribution in [0.5, 0.6) is 5.75 Å². The molecule has 30 heavy (non-hydrogen) atoms. The fourth-order valence-electron chi connectivity index (χ4n) is 4.10. The van der Waals surface area contributed by atoms with Crippen LogP contribution in [0.25, 0.3) is 0 Å². The van der Waals surface area contributed by atoms with Gasteiger partial charge in [0.05, 0.1) is 12.6 Å². The Morgan fingerprint density at radius 3 is 2.60 bits per heavy atom. The van der Waals surface area contributed by atoms with Crippen molar-refractivity contribution in [3.8, 4) is 5.75 Å². The molecule has 0 saturated heterocycles.